The molecule has 0 aliphatic rings. The number of fused-ring (bicyclic) bond motifs is 8. The van der Waals surface area contributed by atoms with E-state index < -0.39 is 0 Å². The minimum absolute atomic E-state index is 0.930. The van der Waals surface area contributed by atoms with Crippen LogP contribution in [0.4, 0.5) is 0 Å². The minimum Gasteiger partial charge on any atom is -0.456 e. The Morgan fingerprint density at radius 1 is 0.450 bits per heavy atom. The molecule has 2 aromatic heterocycles. The lowest BCUT2D eigenvalue weighted by atomic mass is 9.84. The van der Waals surface area contributed by atoms with Crippen LogP contribution in [0.5, 0.6) is 0 Å². The first-order valence-corrected chi connectivity index (χ1v) is 14.5. The van der Waals surface area contributed by atoms with Gasteiger partial charge in [-0.05, 0) is 95.7 Å². The predicted molar refractivity (Wildman–Crippen MR) is 172 cm³/mol. The number of hydrogen-bond donors (Lipinski definition) is 0. The second-order valence-electron chi connectivity index (χ2n) is 10.5. The monoisotopic (exact) mass is 526 g/mol. The maximum absolute atomic E-state index is 6.46. The highest BCUT2D eigenvalue weighted by Gasteiger charge is 2.19. The third-order valence-electron chi connectivity index (χ3n) is 8.33. The Balaban J connectivity index is 1.39. The topological polar surface area (TPSA) is 13.1 Å². The van der Waals surface area contributed by atoms with Crippen molar-refractivity contribution >= 4 is 75.7 Å². The summed E-state index contributed by atoms with van der Waals surface area (Å²) in [6.07, 6.45) is 0. The fourth-order valence-corrected chi connectivity index (χ4v) is 7.57. The zero-order valence-corrected chi connectivity index (χ0v) is 22.3. The maximum atomic E-state index is 6.46. The summed E-state index contributed by atoms with van der Waals surface area (Å²) in [7, 11) is 0. The maximum Gasteiger partial charge on any atom is 0.136 e. The highest BCUT2D eigenvalue weighted by molar-refractivity contribution is 7.18. The summed E-state index contributed by atoms with van der Waals surface area (Å²) in [5.74, 6) is 0. The van der Waals surface area contributed by atoms with Crippen LogP contribution in [0.3, 0.4) is 0 Å². The average molecular weight is 527 g/mol. The van der Waals surface area contributed by atoms with Gasteiger partial charge in [0.1, 0.15) is 11.2 Å². The standard InChI is InChI=1S/C38H22OS/c1-2-10-26-23(8-1)9-7-15-27(26)36-30-13-5-3-11-28(30)35(29-12-4-6-14-31(29)36)25-16-18-32-34(22-25)39-33-19-17-24-20-21-40-38(24)37(32)33/h1-22H. The molecular formula is C38H22OS. The van der Waals surface area contributed by atoms with E-state index in [4.69, 9.17) is 4.42 Å². The number of benzene rings is 7. The molecule has 9 aromatic rings. The number of hydrogen-bond acceptors (Lipinski definition) is 2. The van der Waals surface area contributed by atoms with Gasteiger partial charge in [0.15, 0.2) is 0 Å². The molecule has 0 fully saturated rings. The predicted octanol–water partition coefficient (Wildman–Crippen LogP) is 11.6. The van der Waals surface area contributed by atoms with Crippen molar-refractivity contribution in [3.05, 3.63) is 133 Å². The van der Waals surface area contributed by atoms with Gasteiger partial charge < -0.3 is 4.42 Å². The molecule has 1 nitrogen and oxygen atoms in total. The Hall–Kier alpha value is -4.92. The molecule has 9 rings (SSSR count). The average Bonchev–Trinajstić information content (AvgIpc) is 3.63. The lowest BCUT2D eigenvalue weighted by Gasteiger charge is -2.18. The Kier molecular flexibility index (Phi) is 4.55. The van der Waals surface area contributed by atoms with Crippen LogP contribution >= 0.6 is 11.3 Å². The van der Waals surface area contributed by atoms with Crippen LogP contribution in [-0.4, -0.2) is 0 Å². The summed E-state index contributed by atoms with van der Waals surface area (Å²) >= 11 is 1.78. The fraction of sp³-hybridized carbons (Fsp3) is 0. The van der Waals surface area contributed by atoms with Gasteiger partial charge in [-0.25, -0.2) is 0 Å². The van der Waals surface area contributed by atoms with E-state index in [0.717, 1.165) is 11.2 Å². The molecule has 0 aliphatic carbocycles. The van der Waals surface area contributed by atoms with Crippen LogP contribution in [0.15, 0.2) is 137 Å². The Morgan fingerprint density at radius 3 is 1.90 bits per heavy atom. The van der Waals surface area contributed by atoms with E-state index in [1.165, 1.54) is 75.4 Å². The van der Waals surface area contributed by atoms with E-state index in [0.29, 0.717) is 0 Å². The molecule has 0 aliphatic heterocycles. The van der Waals surface area contributed by atoms with Gasteiger partial charge in [-0.15, -0.1) is 11.3 Å². The van der Waals surface area contributed by atoms with Crippen molar-refractivity contribution in [3.63, 3.8) is 0 Å². The molecule has 40 heavy (non-hydrogen) atoms. The summed E-state index contributed by atoms with van der Waals surface area (Å²) in [4.78, 5) is 0. The van der Waals surface area contributed by atoms with Crippen LogP contribution in [0.25, 0.3) is 86.6 Å². The summed E-state index contributed by atoms with van der Waals surface area (Å²) in [6, 6.07) is 46.2. The Morgan fingerprint density at radius 2 is 1.12 bits per heavy atom. The van der Waals surface area contributed by atoms with Crippen LogP contribution in [0, 0.1) is 0 Å². The van der Waals surface area contributed by atoms with Crippen LogP contribution < -0.4 is 0 Å². The van der Waals surface area contributed by atoms with Gasteiger partial charge in [-0.2, -0.15) is 0 Å². The Labute approximate surface area is 234 Å². The summed E-state index contributed by atoms with van der Waals surface area (Å²) in [6.45, 7) is 0. The highest BCUT2D eigenvalue weighted by atomic mass is 32.1. The van der Waals surface area contributed by atoms with Crippen LogP contribution in [0.1, 0.15) is 0 Å². The van der Waals surface area contributed by atoms with E-state index in [1.807, 2.05) is 0 Å². The first kappa shape index (κ1) is 22.0. The summed E-state index contributed by atoms with van der Waals surface area (Å²) in [5.41, 5.74) is 6.86. The number of thiophene rings is 1. The molecule has 186 valence electrons. The third kappa shape index (κ3) is 3.03. The lowest BCUT2D eigenvalue weighted by Crippen LogP contribution is -1.91. The van der Waals surface area contributed by atoms with Gasteiger partial charge in [0.05, 0.1) is 0 Å². The van der Waals surface area contributed by atoms with Gasteiger partial charge in [0, 0.05) is 15.5 Å². The molecule has 0 amide bonds. The molecule has 2 heteroatoms. The van der Waals surface area contributed by atoms with Crippen LogP contribution in [0.2, 0.25) is 0 Å². The highest BCUT2D eigenvalue weighted by Crippen LogP contribution is 2.46. The Bertz CT molecular complexity index is 2380. The van der Waals surface area contributed by atoms with E-state index in [2.05, 4.69) is 133 Å². The second-order valence-corrected chi connectivity index (χ2v) is 11.4. The van der Waals surface area contributed by atoms with Crippen molar-refractivity contribution in [2.24, 2.45) is 0 Å². The number of rotatable bonds is 2. The lowest BCUT2D eigenvalue weighted by molar-refractivity contribution is 0.669. The summed E-state index contributed by atoms with van der Waals surface area (Å²) in [5, 5.41) is 13.4. The van der Waals surface area contributed by atoms with Crippen molar-refractivity contribution in [1.82, 2.24) is 0 Å². The van der Waals surface area contributed by atoms with Gasteiger partial charge >= 0.3 is 0 Å². The quantitative estimate of drug-likeness (QED) is 0.204. The van der Waals surface area contributed by atoms with Crippen molar-refractivity contribution in [3.8, 4) is 22.3 Å². The summed E-state index contributed by atoms with van der Waals surface area (Å²) < 4.78 is 7.76. The SMILES string of the molecule is c1ccc2c(-c3c4ccccc4c(-c4ccc5c(c4)oc4ccc6ccsc6c45)c4ccccc34)cccc2c1. The van der Waals surface area contributed by atoms with Gasteiger partial charge in [0.2, 0.25) is 0 Å². The van der Waals surface area contributed by atoms with Crippen LogP contribution in [-0.2, 0) is 0 Å². The molecule has 0 unspecified atom stereocenters. The molecule has 0 atom stereocenters. The molecule has 0 radical (unpaired) electrons. The van der Waals surface area contributed by atoms with Gasteiger partial charge in [-0.1, -0.05) is 97.1 Å². The minimum atomic E-state index is 0.930. The molecule has 7 aromatic carbocycles. The molecule has 0 bridgehead atoms. The molecule has 2 heterocycles. The normalized spacial score (nSPS) is 12.0. The smallest absolute Gasteiger partial charge is 0.136 e. The van der Waals surface area contributed by atoms with Crippen molar-refractivity contribution in [2.45, 2.75) is 0 Å². The number of furan rings is 1. The molecule has 0 N–H and O–H groups in total. The first-order valence-electron chi connectivity index (χ1n) is 13.6. The molecular weight excluding hydrogens is 504 g/mol. The molecule has 0 spiro atoms. The van der Waals surface area contributed by atoms with E-state index in [1.54, 1.807) is 11.3 Å². The van der Waals surface area contributed by atoms with Crippen molar-refractivity contribution in [1.29, 1.82) is 0 Å². The third-order valence-corrected chi connectivity index (χ3v) is 9.28. The second kappa shape index (κ2) is 8.29. The van der Waals surface area contributed by atoms with Crippen molar-refractivity contribution < 1.29 is 4.42 Å². The largest absolute Gasteiger partial charge is 0.456 e. The zero-order valence-electron chi connectivity index (χ0n) is 21.5. The molecule has 0 saturated carbocycles. The van der Waals surface area contributed by atoms with E-state index in [9.17, 15) is 0 Å². The zero-order chi connectivity index (χ0) is 26.2. The first-order chi connectivity index (χ1) is 19.8. The fourth-order valence-electron chi connectivity index (χ4n) is 6.61. The van der Waals surface area contributed by atoms with E-state index >= 15 is 0 Å². The van der Waals surface area contributed by atoms with Gasteiger partial charge in [0.25, 0.3) is 0 Å². The van der Waals surface area contributed by atoms with E-state index in [-0.39, 0.29) is 0 Å². The van der Waals surface area contributed by atoms with Crippen molar-refractivity contribution in [2.75, 3.05) is 0 Å². The molecule has 0 saturated heterocycles. The van der Waals surface area contributed by atoms with Gasteiger partial charge in [-0.3, -0.25) is 0 Å².